The van der Waals surface area contributed by atoms with Gasteiger partial charge in [0, 0.05) is 5.54 Å². The molecule has 0 spiro atoms. The molecule has 0 aliphatic rings. The fourth-order valence-electron chi connectivity index (χ4n) is 1.62. The van der Waals surface area contributed by atoms with Crippen LogP contribution in [-0.4, -0.2) is 31.3 Å². The Morgan fingerprint density at radius 2 is 1.90 bits per heavy atom. The highest BCUT2D eigenvalue weighted by molar-refractivity contribution is 5.78. The van der Waals surface area contributed by atoms with Gasteiger partial charge in [0.05, 0.1) is 13.7 Å². The number of aliphatic imine (C=N–C) groups is 1. The van der Waals surface area contributed by atoms with Gasteiger partial charge in [-0.05, 0) is 39.8 Å². The van der Waals surface area contributed by atoms with Crippen LogP contribution in [0.15, 0.2) is 29.3 Å². The highest BCUT2D eigenvalue weighted by atomic mass is 16.5. The van der Waals surface area contributed by atoms with Crippen molar-refractivity contribution in [2.75, 3.05) is 13.7 Å². The zero-order chi connectivity index (χ0) is 15.2. The Hall–Kier alpha value is -1.91. The van der Waals surface area contributed by atoms with Gasteiger partial charge in [0.15, 0.2) is 17.5 Å². The predicted octanol–water partition coefficient (Wildman–Crippen LogP) is 2.17. The number of methoxy groups -OCH3 is 1. The van der Waals surface area contributed by atoms with Gasteiger partial charge in [-0.1, -0.05) is 12.1 Å². The maximum atomic E-state index is 5.82. The molecule has 1 atom stereocenters. The first-order valence-corrected chi connectivity index (χ1v) is 6.69. The lowest BCUT2D eigenvalue weighted by molar-refractivity contribution is 0.219. The molecule has 0 radical (unpaired) electrons. The molecule has 0 saturated heterocycles. The number of nitrogens with two attached hydrogens (primary N) is 1. The van der Waals surface area contributed by atoms with Gasteiger partial charge in [-0.3, -0.25) is 0 Å². The standard InChI is InChI=1S/C15H25N3O2/c1-11(10-17-14(16)18-15(2,3)4)20-13-9-7-6-8-12(13)19-5/h6-9,11H,10H2,1-5H3,(H3,16,17,18). The third kappa shape index (κ3) is 5.82. The molecule has 5 heteroatoms. The van der Waals surface area contributed by atoms with Gasteiger partial charge >= 0.3 is 0 Å². The van der Waals surface area contributed by atoms with Crippen molar-refractivity contribution in [3.8, 4) is 11.5 Å². The molecule has 0 heterocycles. The van der Waals surface area contributed by atoms with Crippen LogP contribution in [0.5, 0.6) is 11.5 Å². The van der Waals surface area contributed by atoms with Crippen molar-refractivity contribution in [2.24, 2.45) is 10.7 Å². The maximum Gasteiger partial charge on any atom is 0.189 e. The van der Waals surface area contributed by atoms with E-state index in [0.717, 1.165) is 0 Å². The summed E-state index contributed by atoms with van der Waals surface area (Å²) in [6.45, 7) is 8.52. The van der Waals surface area contributed by atoms with E-state index < -0.39 is 0 Å². The smallest absolute Gasteiger partial charge is 0.189 e. The molecular formula is C15H25N3O2. The fourth-order valence-corrected chi connectivity index (χ4v) is 1.62. The van der Waals surface area contributed by atoms with Crippen LogP contribution < -0.4 is 20.5 Å². The molecule has 0 aromatic heterocycles. The lowest BCUT2D eigenvalue weighted by atomic mass is 10.1. The van der Waals surface area contributed by atoms with Gasteiger partial charge in [0.1, 0.15) is 6.10 Å². The van der Waals surface area contributed by atoms with Gasteiger partial charge < -0.3 is 20.5 Å². The van der Waals surface area contributed by atoms with Gasteiger partial charge in [0.25, 0.3) is 0 Å². The minimum absolute atomic E-state index is 0.0911. The first-order chi connectivity index (χ1) is 9.31. The van der Waals surface area contributed by atoms with Crippen molar-refractivity contribution in [2.45, 2.75) is 39.3 Å². The molecule has 1 aromatic rings. The van der Waals surface area contributed by atoms with Crippen molar-refractivity contribution < 1.29 is 9.47 Å². The lowest BCUT2D eigenvalue weighted by Crippen LogP contribution is -2.45. The van der Waals surface area contributed by atoms with Gasteiger partial charge in [-0.2, -0.15) is 0 Å². The molecule has 112 valence electrons. The second-order valence-corrected chi connectivity index (χ2v) is 5.68. The Labute approximate surface area is 121 Å². The van der Waals surface area contributed by atoms with Crippen LogP contribution in [0, 0.1) is 0 Å². The van der Waals surface area contributed by atoms with Crippen LogP contribution in [0.4, 0.5) is 0 Å². The monoisotopic (exact) mass is 279 g/mol. The molecule has 0 fully saturated rings. The molecule has 20 heavy (non-hydrogen) atoms. The number of nitrogens with one attached hydrogen (secondary N) is 1. The zero-order valence-electron chi connectivity index (χ0n) is 12.9. The fraction of sp³-hybridized carbons (Fsp3) is 0.533. The SMILES string of the molecule is COc1ccccc1OC(C)CN=C(N)NC(C)(C)C. The Morgan fingerprint density at radius 1 is 1.30 bits per heavy atom. The number of hydrogen-bond donors (Lipinski definition) is 2. The Bertz CT molecular complexity index is 453. The molecule has 1 aromatic carbocycles. The van der Waals surface area contributed by atoms with Crippen molar-refractivity contribution in [3.63, 3.8) is 0 Å². The molecule has 3 N–H and O–H groups in total. The van der Waals surface area contributed by atoms with E-state index in [9.17, 15) is 0 Å². The summed E-state index contributed by atoms with van der Waals surface area (Å²) >= 11 is 0. The third-order valence-corrected chi connectivity index (χ3v) is 2.42. The average Bonchev–Trinajstić information content (AvgIpc) is 2.35. The van der Waals surface area contributed by atoms with E-state index in [2.05, 4.69) is 10.3 Å². The van der Waals surface area contributed by atoms with Gasteiger partial charge in [-0.15, -0.1) is 0 Å². The zero-order valence-corrected chi connectivity index (χ0v) is 12.9. The van der Waals surface area contributed by atoms with Crippen LogP contribution in [0.2, 0.25) is 0 Å². The van der Waals surface area contributed by atoms with Crippen molar-refractivity contribution >= 4 is 5.96 Å². The molecule has 0 aliphatic heterocycles. The second kappa shape index (κ2) is 7.03. The summed E-state index contributed by atoms with van der Waals surface area (Å²) in [6.07, 6.45) is -0.0911. The van der Waals surface area contributed by atoms with E-state index in [0.29, 0.717) is 24.0 Å². The van der Waals surface area contributed by atoms with E-state index in [1.807, 2.05) is 52.0 Å². The normalized spacial score (nSPS) is 13.8. The summed E-state index contributed by atoms with van der Waals surface area (Å²) in [5.74, 6) is 1.84. The summed E-state index contributed by atoms with van der Waals surface area (Å²) < 4.78 is 11.0. The van der Waals surface area contributed by atoms with Crippen molar-refractivity contribution in [1.82, 2.24) is 5.32 Å². The van der Waals surface area contributed by atoms with Gasteiger partial charge in [-0.25, -0.2) is 4.99 Å². The van der Waals surface area contributed by atoms with Crippen LogP contribution in [0.1, 0.15) is 27.7 Å². The van der Waals surface area contributed by atoms with E-state index >= 15 is 0 Å². The number of nitrogens with zero attached hydrogens (tertiary/aromatic N) is 1. The number of benzene rings is 1. The van der Waals surface area contributed by atoms with E-state index in [4.69, 9.17) is 15.2 Å². The molecule has 1 unspecified atom stereocenters. The predicted molar refractivity (Wildman–Crippen MR) is 82.5 cm³/mol. The first kappa shape index (κ1) is 16.1. The Morgan fingerprint density at radius 3 is 2.45 bits per heavy atom. The maximum absolute atomic E-state index is 5.82. The van der Waals surface area contributed by atoms with Crippen LogP contribution >= 0.6 is 0 Å². The number of hydrogen-bond acceptors (Lipinski definition) is 3. The first-order valence-electron chi connectivity index (χ1n) is 6.69. The quantitative estimate of drug-likeness (QED) is 0.640. The van der Waals surface area contributed by atoms with Gasteiger partial charge in [0.2, 0.25) is 0 Å². The van der Waals surface area contributed by atoms with E-state index in [1.165, 1.54) is 0 Å². The molecule has 0 bridgehead atoms. The molecule has 0 aliphatic carbocycles. The summed E-state index contributed by atoms with van der Waals surface area (Å²) in [5, 5.41) is 3.11. The second-order valence-electron chi connectivity index (χ2n) is 5.68. The highest BCUT2D eigenvalue weighted by Crippen LogP contribution is 2.26. The molecular weight excluding hydrogens is 254 g/mol. The lowest BCUT2D eigenvalue weighted by Gasteiger charge is -2.21. The van der Waals surface area contributed by atoms with E-state index in [-0.39, 0.29) is 11.6 Å². The number of guanidine groups is 1. The summed E-state index contributed by atoms with van der Waals surface area (Å²) in [5.41, 5.74) is 5.72. The number of para-hydroxylation sites is 2. The van der Waals surface area contributed by atoms with Crippen molar-refractivity contribution in [3.05, 3.63) is 24.3 Å². The molecule has 5 nitrogen and oxygen atoms in total. The topological polar surface area (TPSA) is 68.9 Å². The highest BCUT2D eigenvalue weighted by Gasteiger charge is 2.11. The third-order valence-electron chi connectivity index (χ3n) is 2.42. The van der Waals surface area contributed by atoms with Crippen LogP contribution in [-0.2, 0) is 0 Å². The summed E-state index contributed by atoms with van der Waals surface area (Å²) in [6, 6.07) is 7.54. The molecule has 0 saturated carbocycles. The van der Waals surface area contributed by atoms with Crippen molar-refractivity contribution in [1.29, 1.82) is 0 Å². The summed E-state index contributed by atoms with van der Waals surface area (Å²) in [4.78, 5) is 4.28. The Kier molecular flexibility index (Phi) is 5.67. The average molecular weight is 279 g/mol. The minimum Gasteiger partial charge on any atom is -0.493 e. The Balaban J connectivity index is 2.55. The number of rotatable bonds is 5. The molecule has 0 amide bonds. The number of ether oxygens (including phenoxy) is 2. The minimum atomic E-state index is -0.0969. The largest absolute Gasteiger partial charge is 0.493 e. The summed E-state index contributed by atoms with van der Waals surface area (Å²) in [7, 11) is 1.62. The van der Waals surface area contributed by atoms with Crippen LogP contribution in [0.25, 0.3) is 0 Å². The van der Waals surface area contributed by atoms with E-state index in [1.54, 1.807) is 7.11 Å². The van der Waals surface area contributed by atoms with Crippen LogP contribution in [0.3, 0.4) is 0 Å². The molecule has 1 rings (SSSR count).